The van der Waals surface area contributed by atoms with Crippen LogP contribution in [0.5, 0.6) is 11.5 Å². The summed E-state index contributed by atoms with van der Waals surface area (Å²) in [4.78, 5) is 15.9. The molecule has 0 atom stereocenters. The topological polar surface area (TPSA) is 73.6 Å². The van der Waals surface area contributed by atoms with E-state index in [0.29, 0.717) is 0 Å². The Balaban J connectivity index is 0.000000346. The van der Waals surface area contributed by atoms with Crippen molar-refractivity contribution in [1.29, 1.82) is 0 Å². The Morgan fingerprint density at radius 3 is 2.08 bits per heavy atom. The van der Waals surface area contributed by atoms with Crippen molar-refractivity contribution in [2.24, 2.45) is 0 Å². The van der Waals surface area contributed by atoms with Crippen molar-refractivity contribution in [3.05, 3.63) is 82.0 Å². The first-order valence-corrected chi connectivity index (χ1v) is 10.4. The van der Waals surface area contributed by atoms with Gasteiger partial charge in [0.15, 0.2) is 11.5 Å². The Bertz CT molecular complexity index is 1210. The van der Waals surface area contributed by atoms with Crippen LogP contribution in [0.4, 0.5) is 26.3 Å². The van der Waals surface area contributed by atoms with Gasteiger partial charge in [0.05, 0.1) is 16.9 Å². The van der Waals surface area contributed by atoms with Gasteiger partial charge in [-0.1, -0.05) is 17.7 Å². The van der Waals surface area contributed by atoms with Gasteiger partial charge in [-0.25, -0.2) is 0 Å². The van der Waals surface area contributed by atoms with Crippen LogP contribution >= 0.6 is 0 Å². The number of nitrogens with zero attached hydrogens (tertiary/aromatic N) is 2. The van der Waals surface area contributed by atoms with Crippen molar-refractivity contribution < 1.29 is 40.9 Å². The fourth-order valence-corrected chi connectivity index (χ4v) is 2.68. The molecular formula is C24H24F6N2O4. The van der Waals surface area contributed by atoms with Crippen molar-refractivity contribution in [2.45, 2.75) is 45.8 Å². The Kier molecular flexibility index (Phi) is 8.79. The van der Waals surface area contributed by atoms with E-state index < -0.39 is 35.0 Å². The lowest BCUT2D eigenvalue weighted by atomic mass is 10.1. The third-order valence-corrected chi connectivity index (χ3v) is 4.40. The van der Waals surface area contributed by atoms with Crippen molar-refractivity contribution in [3.8, 4) is 17.2 Å². The van der Waals surface area contributed by atoms with Crippen LogP contribution in [-0.4, -0.2) is 33.2 Å². The summed E-state index contributed by atoms with van der Waals surface area (Å²) in [6.45, 7) is 5.90. The number of hydrogen-bond donors (Lipinski definition) is 1. The molecule has 3 aromatic rings. The van der Waals surface area contributed by atoms with E-state index in [1.165, 1.54) is 57.4 Å². The van der Waals surface area contributed by atoms with E-state index in [-0.39, 0.29) is 23.7 Å². The van der Waals surface area contributed by atoms with Gasteiger partial charge in [-0.3, -0.25) is 14.3 Å². The third-order valence-electron chi connectivity index (χ3n) is 4.40. The van der Waals surface area contributed by atoms with Gasteiger partial charge in [0.25, 0.3) is 5.56 Å². The van der Waals surface area contributed by atoms with Crippen LogP contribution in [0.25, 0.3) is 5.69 Å². The molecule has 2 aromatic carbocycles. The molecule has 1 aromatic heterocycles. The van der Waals surface area contributed by atoms with E-state index in [1.54, 1.807) is 6.92 Å². The quantitative estimate of drug-likeness (QED) is 0.445. The van der Waals surface area contributed by atoms with Crippen LogP contribution in [-0.2, 0) is 6.18 Å². The Labute approximate surface area is 202 Å². The second-order valence-corrected chi connectivity index (χ2v) is 8.33. The Morgan fingerprint density at radius 2 is 1.56 bits per heavy atom. The summed E-state index contributed by atoms with van der Waals surface area (Å²) in [5.74, 6) is -0.822. The Morgan fingerprint density at radius 1 is 0.944 bits per heavy atom. The van der Waals surface area contributed by atoms with Gasteiger partial charge >= 0.3 is 12.5 Å². The van der Waals surface area contributed by atoms with E-state index in [4.69, 9.17) is 4.74 Å². The zero-order valence-electron chi connectivity index (χ0n) is 19.7. The van der Waals surface area contributed by atoms with Crippen LogP contribution in [0.15, 0.2) is 59.7 Å². The van der Waals surface area contributed by atoms with Gasteiger partial charge in [-0.15, -0.1) is 13.2 Å². The van der Waals surface area contributed by atoms with Crippen molar-refractivity contribution in [3.63, 3.8) is 0 Å². The SMILES string of the molecule is Cc1ccc(C(F)(F)F)cc1.Cc1nccn(-c2ccc(OCC(C)(C)O)c(OC(F)(F)F)c2)c1=O. The highest BCUT2D eigenvalue weighted by atomic mass is 19.4. The van der Waals surface area contributed by atoms with E-state index in [9.17, 15) is 36.2 Å². The number of halogens is 6. The standard InChI is InChI=1S/C16H17F3N2O4.C8H7F3/c1-10-14(22)21(7-6-20-10)11-4-5-12(24-9-15(2,3)23)13(8-11)25-16(17,18)19;1-6-2-4-7(5-3-6)8(9,10)11/h4-8,23H,9H2,1-3H3;2-5H,1H3. The summed E-state index contributed by atoms with van der Waals surface area (Å²) in [6.07, 6.45) is -6.46. The van der Waals surface area contributed by atoms with E-state index in [1.807, 2.05) is 0 Å². The van der Waals surface area contributed by atoms with E-state index >= 15 is 0 Å². The second-order valence-electron chi connectivity index (χ2n) is 8.33. The molecule has 12 heteroatoms. The van der Waals surface area contributed by atoms with Crippen LogP contribution < -0.4 is 15.0 Å². The summed E-state index contributed by atoms with van der Waals surface area (Å²) in [5, 5.41) is 9.66. The van der Waals surface area contributed by atoms with Gasteiger partial charge in [0.2, 0.25) is 0 Å². The maximum absolute atomic E-state index is 12.7. The molecule has 0 amide bonds. The first-order valence-electron chi connectivity index (χ1n) is 10.4. The third kappa shape index (κ3) is 8.91. The predicted octanol–water partition coefficient (Wildman–Crippen LogP) is 5.60. The number of aromatic nitrogens is 2. The summed E-state index contributed by atoms with van der Waals surface area (Å²) in [5.41, 5.74) is -1.12. The molecule has 3 rings (SSSR count). The molecular weight excluding hydrogens is 494 g/mol. The summed E-state index contributed by atoms with van der Waals surface area (Å²) < 4.78 is 84.1. The zero-order chi connectivity index (χ0) is 27.3. The molecule has 0 aliphatic heterocycles. The number of aryl methyl sites for hydroxylation is 2. The lowest BCUT2D eigenvalue weighted by Crippen LogP contribution is -2.28. The molecule has 0 saturated heterocycles. The smallest absolute Gasteiger partial charge is 0.487 e. The fraction of sp³-hybridized carbons (Fsp3) is 0.333. The van der Waals surface area contributed by atoms with E-state index in [2.05, 4.69) is 9.72 Å². The summed E-state index contributed by atoms with van der Waals surface area (Å²) in [7, 11) is 0. The molecule has 36 heavy (non-hydrogen) atoms. The molecule has 196 valence electrons. The molecule has 1 heterocycles. The van der Waals surface area contributed by atoms with Crippen molar-refractivity contribution in [2.75, 3.05) is 6.61 Å². The number of benzene rings is 2. The number of alkyl halides is 6. The van der Waals surface area contributed by atoms with Crippen LogP contribution in [0.2, 0.25) is 0 Å². The minimum atomic E-state index is -4.94. The van der Waals surface area contributed by atoms with Crippen LogP contribution in [0.1, 0.15) is 30.7 Å². The molecule has 6 nitrogen and oxygen atoms in total. The second kappa shape index (κ2) is 11.0. The molecule has 0 aliphatic carbocycles. The van der Waals surface area contributed by atoms with Gasteiger partial charge in [0, 0.05) is 18.5 Å². The Hall–Kier alpha value is -3.54. The maximum atomic E-state index is 12.7. The molecule has 0 fully saturated rings. The van der Waals surface area contributed by atoms with Gasteiger partial charge in [-0.05, 0) is 52.0 Å². The minimum Gasteiger partial charge on any atom is -0.487 e. The van der Waals surface area contributed by atoms with Gasteiger partial charge < -0.3 is 14.6 Å². The molecule has 0 radical (unpaired) electrons. The molecule has 1 N–H and O–H groups in total. The van der Waals surface area contributed by atoms with Crippen molar-refractivity contribution in [1.82, 2.24) is 9.55 Å². The summed E-state index contributed by atoms with van der Waals surface area (Å²) in [6, 6.07) is 8.73. The zero-order valence-corrected chi connectivity index (χ0v) is 19.7. The average Bonchev–Trinajstić information content (AvgIpc) is 2.73. The van der Waals surface area contributed by atoms with E-state index in [0.717, 1.165) is 28.3 Å². The highest BCUT2D eigenvalue weighted by molar-refractivity contribution is 5.49. The minimum absolute atomic E-state index is 0.158. The molecule has 0 spiro atoms. The molecule has 0 bridgehead atoms. The highest BCUT2D eigenvalue weighted by Crippen LogP contribution is 2.34. The normalized spacial score (nSPS) is 12.0. The lowest BCUT2D eigenvalue weighted by Gasteiger charge is -2.20. The molecule has 0 saturated carbocycles. The number of rotatable bonds is 5. The molecule has 0 unspecified atom stereocenters. The largest absolute Gasteiger partial charge is 0.573 e. The number of aliphatic hydroxyl groups is 1. The van der Waals surface area contributed by atoms with Gasteiger partial charge in [-0.2, -0.15) is 13.2 Å². The lowest BCUT2D eigenvalue weighted by molar-refractivity contribution is -0.275. The summed E-state index contributed by atoms with van der Waals surface area (Å²) >= 11 is 0. The first-order chi connectivity index (χ1) is 16.5. The molecule has 0 aliphatic rings. The number of hydrogen-bond acceptors (Lipinski definition) is 5. The van der Waals surface area contributed by atoms with Gasteiger partial charge in [0.1, 0.15) is 12.3 Å². The number of ether oxygens (including phenoxy) is 2. The maximum Gasteiger partial charge on any atom is 0.573 e. The van der Waals surface area contributed by atoms with Crippen LogP contribution in [0, 0.1) is 13.8 Å². The van der Waals surface area contributed by atoms with Crippen molar-refractivity contribution >= 4 is 0 Å². The predicted molar refractivity (Wildman–Crippen MR) is 119 cm³/mol. The van der Waals surface area contributed by atoms with Crippen LogP contribution in [0.3, 0.4) is 0 Å². The average molecular weight is 518 g/mol. The monoisotopic (exact) mass is 518 g/mol. The highest BCUT2D eigenvalue weighted by Gasteiger charge is 2.33. The fourth-order valence-electron chi connectivity index (χ4n) is 2.68. The first kappa shape index (κ1) is 28.7.